The van der Waals surface area contributed by atoms with Crippen LogP contribution in [0.5, 0.6) is 17.2 Å². The summed E-state index contributed by atoms with van der Waals surface area (Å²) in [7, 11) is 0. The molecule has 1 atom stereocenters. The minimum absolute atomic E-state index is 0.0563. The Bertz CT molecular complexity index is 1670. The van der Waals surface area contributed by atoms with Crippen molar-refractivity contribution in [3.8, 4) is 34.4 Å². The standard InChI is InChI=1S/C32H32F2N4O4/c1-18(2)32(16-39)15-38-28(40-17-32)11-20-9-24(33)30(25(34)10-20)42-27-7-8-36-31-29(27)23(14-37-31)21-5-6-26(41-19(3)4)22(12-21)13-35/h5-10,12,14,18-19,39H,11,15-17H2,1-4H3,(H,36,37). The second kappa shape index (κ2) is 11.8. The highest BCUT2D eigenvalue weighted by Crippen LogP contribution is 2.39. The van der Waals surface area contributed by atoms with Crippen LogP contribution in [0, 0.1) is 34.3 Å². The van der Waals surface area contributed by atoms with Crippen molar-refractivity contribution >= 4 is 16.9 Å². The number of aromatic nitrogens is 2. The van der Waals surface area contributed by atoms with E-state index in [1.165, 1.54) is 24.4 Å². The number of halogens is 2. The van der Waals surface area contributed by atoms with Crippen LogP contribution in [0.1, 0.15) is 38.8 Å². The zero-order valence-corrected chi connectivity index (χ0v) is 23.9. The zero-order chi connectivity index (χ0) is 30.0. The highest BCUT2D eigenvalue weighted by atomic mass is 19.1. The van der Waals surface area contributed by atoms with Crippen molar-refractivity contribution in [2.75, 3.05) is 19.8 Å². The molecule has 218 valence electrons. The van der Waals surface area contributed by atoms with Crippen molar-refractivity contribution < 1.29 is 28.1 Å². The van der Waals surface area contributed by atoms with E-state index in [4.69, 9.17) is 14.2 Å². The van der Waals surface area contributed by atoms with Gasteiger partial charge in [0.15, 0.2) is 23.3 Å². The molecule has 10 heteroatoms. The van der Waals surface area contributed by atoms with Crippen LogP contribution in [0.2, 0.25) is 0 Å². The van der Waals surface area contributed by atoms with Crippen molar-refractivity contribution in [3.05, 3.63) is 71.6 Å². The van der Waals surface area contributed by atoms with Crippen molar-refractivity contribution in [1.29, 1.82) is 5.26 Å². The van der Waals surface area contributed by atoms with Gasteiger partial charge in [0.2, 0.25) is 0 Å². The lowest BCUT2D eigenvalue weighted by Gasteiger charge is -2.37. The van der Waals surface area contributed by atoms with Gasteiger partial charge < -0.3 is 24.3 Å². The summed E-state index contributed by atoms with van der Waals surface area (Å²) in [5.41, 5.74) is 2.00. The number of aliphatic hydroxyl groups excluding tert-OH is 1. The van der Waals surface area contributed by atoms with Gasteiger partial charge in [0.25, 0.3) is 0 Å². The lowest BCUT2D eigenvalue weighted by atomic mass is 9.78. The number of hydrogen-bond acceptors (Lipinski definition) is 7. The molecule has 0 saturated carbocycles. The molecular formula is C32H32F2N4O4. The second-order valence-electron chi connectivity index (χ2n) is 11.1. The highest BCUT2D eigenvalue weighted by Gasteiger charge is 2.37. The van der Waals surface area contributed by atoms with Gasteiger partial charge in [-0.05, 0) is 61.2 Å². The average molecular weight is 575 g/mol. The maximum Gasteiger partial charge on any atom is 0.198 e. The molecule has 2 N–H and O–H groups in total. The zero-order valence-electron chi connectivity index (χ0n) is 23.9. The van der Waals surface area contributed by atoms with Gasteiger partial charge in [-0.15, -0.1) is 0 Å². The Morgan fingerprint density at radius 1 is 1.12 bits per heavy atom. The third-order valence-corrected chi connectivity index (χ3v) is 7.57. The number of rotatable bonds is 9. The molecule has 0 fully saturated rings. The number of fused-ring (bicyclic) bond motifs is 1. The van der Waals surface area contributed by atoms with E-state index < -0.39 is 22.8 Å². The Labute approximate surface area is 242 Å². The van der Waals surface area contributed by atoms with Gasteiger partial charge in [0.05, 0.1) is 36.8 Å². The first-order chi connectivity index (χ1) is 20.1. The van der Waals surface area contributed by atoms with Crippen molar-refractivity contribution in [1.82, 2.24) is 9.97 Å². The van der Waals surface area contributed by atoms with Gasteiger partial charge in [0, 0.05) is 29.8 Å². The molecule has 42 heavy (non-hydrogen) atoms. The number of nitrogens with zero attached hydrogens (tertiary/aromatic N) is 3. The quantitative estimate of drug-likeness (QED) is 0.234. The smallest absolute Gasteiger partial charge is 0.198 e. The monoisotopic (exact) mass is 574 g/mol. The van der Waals surface area contributed by atoms with E-state index in [1.807, 2.05) is 27.7 Å². The number of aromatic amines is 1. The molecule has 1 aliphatic heterocycles. The maximum atomic E-state index is 15.3. The van der Waals surface area contributed by atoms with E-state index in [1.54, 1.807) is 24.4 Å². The molecule has 0 saturated heterocycles. The third-order valence-electron chi connectivity index (χ3n) is 7.57. The Hall–Kier alpha value is -4.49. The Morgan fingerprint density at radius 2 is 1.88 bits per heavy atom. The van der Waals surface area contributed by atoms with E-state index in [9.17, 15) is 10.4 Å². The van der Waals surface area contributed by atoms with Crippen LogP contribution in [0.3, 0.4) is 0 Å². The summed E-state index contributed by atoms with van der Waals surface area (Å²) in [6.45, 7) is 8.36. The minimum Gasteiger partial charge on any atom is -0.490 e. The molecule has 2 aromatic carbocycles. The van der Waals surface area contributed by atoms with Crippen molar-refractivity contribution in [2.24, 2.45) is 16.3 Å². The number of ether oxygens (including phenoxy) is 3. The molecule has 5 rings (SSSR count). The van der Waals surface area contributed by atoms with Gasteiger partial charge in [-0.3, -0.25) is 4.99 Å². The number of aliphatic hydroxyl groups is 1. The van der Waals surface area contributed by atoms with Gasteiger partial charge >= 0.3 is 0 Å². The summed E-state index contributed by atoms with van der Waals surface area (Å²) in [4.78, 5) is 11.8. The Morgan fingerprint density at radius 3 is 2.50 bits per heavy atom. The highest BCUT2D eigenvalue weighted by molar-refractivity contribution is 5.98. The summed E-state index contributed by atoms with van der Waals surface area (Å²) in [6.07, 6.45) is 3.18. The van der Waals surface area contributed by atoms with Crippen LogP contribution >= 0.6 is 0 Å². The van der Waals surface area contributed by atoms with Crippen LogP contribution in [0.15, 0.2) is 53.8 Å². The molecule has 0 amide bonds. The average Bonchev–Trinajstić information content (AvgIpc) is 3.40. The number of aliphatic imine (C=N–C) groups is 1. The van der Waals surface area contributed by atoms with E-state index in [0.717, 1.165) is 0 Å². The second-order valence-corrected chi connectivity index (χ2v) is 11.1. The fourth-order valence-corrected chi connectivity index (χ4v) is 4.88. The fourth-order valence-electron chi connectivity index (χ4n) is 4.88. The fraction of sp³-hybridized carbons (Fsp3) is 0.344. The summed E-state index contributed by atoms with van der Waals surface area (Å²) >= 11 is 0. The molecule has 1 unspecified atom stereocenters. The summed E-state index contributed by atoms with van der Waals surface area (Å²) in [5.74, 6) is -1.13. The number of nitriles is 1. The third kappa shape index (κ3) is 5.65. The maximum absolute atomic E-state index is 15.3. The lowest BCUT2D eigenvalue weighted by molar-refractivity contribution is 0.0169. The molecule has 0 spiro atoms. The van der Waals surface area contributed by atoms with Gasteiger partial charge in [-0.25, -0.2) is 13.8 Å². The first-order valence-corrected chi connectivity index (χ1v) is 13.7. The van der Waals surface area contributed by atoms with Crippen LogP contribution in [0.4, 0.5) is 8.78 Å². The lowest BCUT2D eigenvalue weighted by Crippen LogP contribution is -2.43. The molecular weight excluding hydrogens is 542 g/mol. The first kappa shape index (κ1) is 29.0. The SMILES string of the molecule is CC(C)Oc1ccc(-c2c[nH]c3nccc(Oc4c(F)cc(CC5=NCC(CO)(C(C)C)CO5)cc4F)c23)cc1C#N. The number of pyridine rings is 1. The van der Waals surface area contributed by atoms with Crippen LogP contribution in [-0.4, -0.2) is 46.8 Å². The molecule has 0 bridgehead atoms. The molecule has 0 radical (unpaired) electrons. The number of nitrogens with one attached hydrogen (secondary N) is 1. The largest absolute Gasteiger partial charge is 0.490 e. The van der Waals surface area contributed by atoms with Crippen molar-refractivity contribution in [2.45, 2.75) is 40.2 Å². The summed E-state index contributed by atoms with van der Waals surface area (Å²) in [5, 5.41) is 20.0. The number of benzene rings is 2. The topological polar surface area (TPSA) is 113 Å². The van der Waals surface area contributed by atoms with E-state index >= 15 is 8.78 Å². The molecule has 3 heterocycles. The van der Waals surface area contributed by atoms with Gasteiger partial charge in [-0.2, -0.15) is 5.26 Å². The van der Waals surface area contributed by atoms with Crippen LogP contribution in [0.25, 0.3) is 22.2 Å². The summed E-state index contributed by atoms with van der Waals surface area (Å²) in [6, 6.07) is 11.3. The van der Waals surface area contributed by atoms with Crippen molar-refractivity contribution in [3.63, 3.8) is 0 Å². The molecule has 1 aliphatic rings. The van der Waals surface area contributed by atoms with Gasteiger partial charge in [0.1, 0.15) is 23.2 Å². The van der Waals surface area contributed by atoms with Crippen LogP contribution < -0.4 is 9.47 Å². The van der Waals surface area contributed by atoms with E-state index in [0.29, 0.717) is 51.5 Å². The molecule has 4 aromatic rings. The predicted octanol–water partition coefficient (Wildman–Crippen LogP) is 6.57. The van der Waals surface area contributed by atoms with Crippen LogP contribution in [-0.2, 0) is 11.2 Å². The minimum atomic E-state index is -0.878. The Kier molecular flexibility index (Phi) is 8.14. The molecule has 2 aromatic heterocycles. The van der Waals surface area contributed by atoms with E-state index in [-0.39, 0.29) is 37.4 Å². The number of hydrogen-bond donors (Lipinski definition) is 2. The van der Waals surface area contributed by atoms with Gasteiger partial charge in [-0.1, -0.05) is 19.9 Å². The summed E-state index contributed by atoms with van der Waals surface area (Å²) < 4.78 is 47.9. The predicted molar refractivity (Wildman–Crippen MR) is 155 cm³/mol. The molecule has 0 aliphatic carbocycles. The number of H-pyrrole nitrogens is 1. The molecule has 8 nitrogen and oxygen atoms in total. The normalized spacial score (nSPS) is 16.8. The first-order valence-electron chi connectivity index (χ1n) is 13.7. The van der Waals surface area contributed by atoms with E-state index in [2.05, 4.69) is 21.0 Å². The Balaban J connectivity index is 1.43.